The van der Waals surface area contributed by atoms with E-state index in [-0.39, 0.29) is 32.8 Å². The third kappa shape index (κ3) is 10.0. The molecule has 1 nitrogen and oxygen atoms in total. The van der Waals surface area contributed by atoms with Gasteiger partial charge in [0.05, 0.1) is 0 Å². The van der Waals surface area contributed by atoms with E-state index in [1.165, 1.54) is 16.5 Å². The fourth-order valence-electron chi connectivity index (χ4n) is 2.64. The van der Waals surface area contributed by atoms with E-state index in [0.29, 0.717) is 10.3 Å². The average Bonchev–Trinajstić information content (AvgIpc) is 2.34. The first-order valence-corrected chi connectivity index (χ1v) is 8.85. The molecule has 24 heavy (non-hydrogen) atoms. The van der Waals surface area contributed by atoms with Crippen molar-refractivity contribution in [3.05, 3.63) is 42.5 Å². The van der Waals surface area contributed by atoms with Gasteiger partial charge in [-0.25, -0.2) is 0 Å². The zero-order chi connectivity index (χ0) is 17.0. The molecule has 0 aliphatic rings. The van der Waals surface area contributed by atoms with Crippen molar-refractivity contribution in [3.63, 3.8) is 0 Å². The van der Waals surface area contributed by atoms with Crippen LogP contribution in [0.15, 0.2) is 36.4 Å². The van der Waals surface area contributed by atoms with Crippen LogP contribution in [0.1, 0.15) is 41.5 Å². The van der Waals surface area contributed by atoms with Crippen molar-refractivity contribution in [1.82, 2.24) is 0 Å². The van der Waals surface area contributed by atoms with Crippen molar-refractivity contribution < 1.29 is 32.8 Å². The first-order chi connectivity index (χ1) is 9.99. The zero-order valence-electron chi connectivity index (χ0n) is 16.1. The van der Waals surface area contributed by atoms with Gasteiger partial charge in [-0.15, -0.1) is 25.4 Å². The van der Waals surface area contributed by atoms with Gasteiger partial charge in [0.1, 0.15) is 0 Å². The van der Waals surface area contributed by atoms with E-state index in [1.54, 1.807) is 0 Å². The Morgan fingerprint density at radius 1 is 0.875 bits per heavy atom. The predicted octanol–water partition coefficient (Wildman–Crippen LogP) is 2.97. The summed E-state index contributed by atoms with van der Waals surface area (Å²) in [6.07, 6.45) is 0. The topological polar surface area (TPSA) is 3.24 Å². The molecule has 0 bridgehead atoms. The van der Waals surface area contributed by atoms with Crippen LogP contribution in [-0.2, 0) is 20.4 Å². The van der Waals surface area contributed by atoms with Crippen molar-refractivity contribution in [2.45, 2.75) is 51.9 Å². The standard InChI is InChI=1S/C12H12N.C8H19P.ClH.Pd/c1-13(2)12-9-5-7-10-6-3-4-8-11(10)12;1-7(2,3)9-8(4,5)6;;/h3-4,6-9H,1-2H3;9H,1-6H3;1H;/q-1;;;+2/p-1. The van der Waals surface area contributed by atoms with Gasteiger partial charge < -0.3 is 17.3 Å². The summed E-state index contributed by atoms with van der Waals surface area (Å²) in [4.78, 5) is 2.11. The van der Waals surface area contributed by atoms with Crippen molar-refractivity contribution in [2.24, 2.45) is 0 Å². The maximum absolute atomic E-state index is 3.14. The van der Waals surface area contributed by atoms with Gasteiger partial charge in [0, 0.05) is 0 Å². The van der Waals surface area contributed by atoms with Crippen molar-refractivity contribution in [1.29, 1.82) is 0 Å². The van der Waals surface area contributed by atoms with Crippen LogP contribution in [0.25, 0.3) is 10.8 Å². The minimum atomic E-state index is 0. The van der Waals surface area contributed by atoms with Crippen LogP contribution in [0.2, 0.25) is 0 Å². The number of anilines is 1. The summed E-state index contributed by atoms with van der Waals surface area (Å²) in [6, 6.07) is 15.5. The van der Waals surface area contributed by atoms with Gasteiger partial charge in [-0.3, -0.25) is 0 Å². The molecule has 4 heteroatoms. The molecule has 2 aromatic carbocycles. The molecule has 2 rings (SSSR count). The van der Waals surface area contributed by atoms with Crippen LogP contribution in [0.3, 0.4) is 0 Å². The number of benzene rings is 2. The zero-order valence-corrected chi connectivity index (χ0v) is 19.4. The monoisotopic (exact) mass is 457 g/mol. The molecule has 0 atom stereocenters. The Morgan fingerprint density at radius 2 is 1.38 bits per heavy atom. The Hall–Kier alpha value is -0.118. The van der Waals surface area contributed by atoms with E-state index in [0.717, 1.165) is 8.58 Å². The van der Waals surface area contributed by atoms with E-state index in [4.69, 9.17) is 0 Å². The molecule has 0 spiro atoms. The maximum atomic E-state index is 3.14. The molecule has 0 saturated carbocycles. The number of rotatable bonds is 1. The first-order valence-electron chi connectivity index (χ1n) is 7.85. The second-order valence-corrected chi connectivity index (χ2v) is 11.2. The van der Waals surface area contributed by atoms with E-state index >= 15 is 0 Å². The fraction of sp³-hybridized carbons (Fsp3) is 0.500. The molecule has 0 radical (unpaired) electrons. The number of hydrogen-bond acceptors (Lipinski definition) is 1. The van der Waals surface area contributed by atoms with Crippen LogP contribution in [0.4, 0.5) is 5.69 Å². The largest absolute Gasteiger partial charge is 2.00 e. The molecule has 0 unspecified atom stereocenters. The van der Waals surface area contributed by atoms with E-state index in [1.807, 2.05) is 12.1 Å². The Morgan fingerprint density at radius 3 is 1.79 bits per heavy atom. The van der Waals surface area contributed by atoms with Crippen molar-refractivity contribution >= 4 is 25.0 Å². The maximum Gasteiger partial charge on any atom is 2.00 e. The van der Waals surface area contributed by atoms with Gasteiger partial charge in [-0.1, -0.05) is 65.4 Å². The molecule has 0 aliphatic carbocycles. The molecular weight excluding hydrogens is 427 g/mol. The molecular formula is C20H31ClNPPd. The molecule has 0 N–H and O–H groups in total. The molecule has 138 valence electrons. The van der Waals surface area contributed by atoms with Gasteiger partial charge in [0.25, 0.3) is 0 Å². The Kier molecular flexibility index (Phi) is 11.7. The number of halogens is 1. The number of fused-ring (bicyclic) bond motifs is 1. The third-order valence-electron chi connectivity index (χ3n) is 2.93. The Balaban J connectivity index is 0. The number of hydrogen-bond donors (Lipinski definition) is 0. The smallest absolute Gasteiger partial charge is 1.00 e. The summed E-state index contributed by atoms with van der Waals surface area (Å²) in [5.74, 6) is 0. The Labute approximate surface area is 170 Å². The van der Waals surface area contributed by atoms with Gasteiger partial charge in [-0.05, 0) is 24.4 Å². The second kappa shape index (κ2) is 10.8. The van der Waals surface area contributed by atoms with Crippen LogP contribution < -0.4 is 17.3 Å². The molecule has 0 heterocycles. The SMILES string of the molecule is CC(C)(C)PC(C)(C)C.CN(C)c1c[c-]cc2ccccc12.[Cl-].[Pd+2]. The van der Waals surface area contributed by atoms with Crippen LogP contribution in [-0.4, -0.2) is 24.4 Å². The van der Waals surface area contributed by atoms with Gasteiger partial charge in [-0.2, -0.15) is 18.2 Å². The van der Waals surface area contributed by atoms with Crippen molar-refractivity contribution in [3.8, 4) is 0 Å². The van der Waals surface area contributed by atoms with E-state index in [9.17, 15) is 0 Å². The van der Waals surface area contributed by atoms with Gasteiger partial charge in [0.2, 0.25) is 0 Å². The van der Waals surface area contributed by atoms with Crippen LogP contribution in [0, 0.1) is 6.07 Å². The number of nitrogens with zero attached hydrogens (tertiary/aromatic N) is 1. The molecule has 0 amide bonds. The summed E-state index contributed by atoms with van der Waals surface area (Å²) in [7, 11) is 5.15. The summed E-state index contributed by atoms with van der Waals surface area (Å²) < 4.78 is 0. The van der Waals surface area contributed by atoms with Crippen LogP contribution >= 0.6 is 8.58 Å². The first kappa shape index (κ1) is 26.1. The van der Waals surface area contributed by atoms with E-state index in [2.05, 4.69) is 90.9 Å². The predicted molar refractivity (Wildman–Crippen MR) is 105 cm³/mol. The quantitative estimate of drug-likeness (QED) is 0.361. The second-order valence-electron chi connectivity index (χ2n) is 7.95. The molecule has 2 aromatic rings. The summed E-state index contributed by atoms with van der Waals surface area (Å²) in [6.45, 7) is 13.8. The van der Waals surface area contributed by atoms with Crippen LogP contribution in [0.5, 0.6) is 0 Å². The summed E-state index contributed by atoms with van der Waals surface area (Å²) >= 11 is 0. The molecule has 0 aliphatic heterocycles. The van der Waals surface area contributed by atoms with Gasteiger partial charge >= 0.3 is 20.4 Å². The van der Waals surface area contributed by atoms with Gasteiger partial charge in [0.15, 0.2) is 0 Å². The van der Waals surface area contributed by atoms with Crippen molar-refractivity contribution in [2.75, 3.05) is 19.0 Å². The molecule has 0 saturated heterocycles. The van der Waals surface area contributed by atoms with E-state index < -0.39 is 0 Å². The minimum Gasteiger partial charge on any atom is -1.00 e. The normalized spacial score (nSPS) is 10.8. The summed E-state index contributed by atoms with van der Waals surface area (Å²) in [5.41, 5.74) is 1.22. The summed E-state index contributed by atoms with van der Waals surface area (Å²) in [5, 5.41) is 3.55. The Bertz CT molecular complexity index is 583. The molecule has 0 aromatic heterocycles. The minimum absolute atomic E-state index is 0. The molecule has 0 fully saturated rings. The third-order valence-corrected chi connectivity index (χ3v) is 4.43. The fourth-order valence-corrected chi connectivity index (χ4v) is 4.89. The average molecular weight is 458 g/mol.